The van der Waals surface area contributed by atoms with Gasteiger partial charge in [-0.1, -0.05) is 43.5 Å². The van der Waals surface area contributed by atoms with Crippen LogP contribution in [-0.2, 0) is 16.0 Å². The van der Waals surface area contributed by atoms with Gasteiger partial charge >= 0.3 is 5.97 Å². The SMILES string of the molecule is CCCCC(NC(=O)Cc1cccc(Cl)c1OCC)C(=O)O. The van der Waals surface area contributed by atoms with E-state index in [1.165, 1.54) is 0 Å². The minimum Gasteiger partial charge on any atom is -0.492 e. The van der Waals surface area contributed by atoms with Gasteiger partial charge in [-0.3, -0.25) is 4.79 Å². The highest BCUT2D eigenvalue weighted by Gasteiger charge is 2.20. The van der Waals surface area contributed by atoms with Crippen LogP contribution in [-0.4, -0.2) is 29.6 Å². The summed E-state index contributed by atoms with van der Waals surface area (Å²) in [6, 6.07) is 4.31. The van der Waals surface area contributed by atoms with Crippen molar-refractivity contribution >= 4 is 23.5 Å². The molecule has 0 aliphatic rings. The molecule has 0 saturated carbocycles. The van der Waals surface area contributed by atoms with E-state index in [0.29, 0.717) is 29.4 Å². The molecule has 1 amide bonds. The highest BCUT2D eigenvalue weighted by atomic mass is 35.5. The second kappa shape index (κ2) is 9.30. The molecule has 0 heterocycles. The minimum atomic E-state index is -1.02. The lowest BCUT2D eigenvalue weighted by molar-refractivity contribution is -0.142. The smallest absolute Gasteiger partial charge is 0.326 e. The van der Waals surface area contributed by atoms with Gasteiger partial charge in [-0.05, 0) is 19.4 Å². The molecule has 22 heavy (non-hydrogen) atoms. The molecule has 0 saturated heterocycles. The minimum absolute atomic E-state index is 0.0335. The maximum atomic E-state index is 12.1. The molecule has 2 N–H and O–H groups in total. The molecule has 0 aliphatic heterocycles. The number of amides is 1. The van der Waals surface area contributed by atoms with E-state index in [4.69, 9.17) is 21.4 Å². The first kappa shape index (κ1) is 18.3. The van der Waals surface area contributed by atoms with Crippen LogP contribution in [0.1, 0.15) is 38.7 Å². The van der Waals surface area contributed by atoms with Crippen molar-refractivity contribution in [3.8, 4) is 5.75 Å². The molecule has 6 heteroatoms. The number of rotatable bonds is 9. The Morgan fingerprint density at radius 2 is 2.09 bits per heavy atom. The molecule has 0 aliphatic carbocycles. The molecular weight excluding hydrogens is 306 g/mol. The van der Waals surface area contributed by atoms with E-state index in [2.05, 4.69) is 5.32 Å². The van der Waals surface area contributed by atoms with Gasteiger partial charge in [0.15, 0.2) is 0 Å². The van der Waals surface area contributed by atoms with Gasteiger partial charge in [-0.15, -0.1) is 0 Å². The summed E-state index contributed by atoms with van der Waals surface area (Å²) in [5.74, 6) is -0.896. The van der Waals surface area contributed by atoms with Crippen LogP contribution in [0.25, 0.3) is 0 Å². The molecular formula is C16H22ClNO4. The van der Waals surface area contributed by atoms with Gasteiger partial charge in [0.05, 0.1) is 18.1 Å². The van der Waals surface area contributed by atoms with Gasteiger partial charge in [0.2, 0.25) is 5.91 Å². The number of carboxylic acids is 1. The topological polar surface area (TPSA) is 75.6 Å². The van der Waals surface area contributed by atoms with Crippen LogP contribution in [0.4, 0.5) is 0 Å². The number of carboxylic acid groups (broad SMARTS) is 1. The maximum absolute atomic E-state index is 12.1. The summed E-state index contributed by atoms with van der Waals surface area (Å²) in [5.41, 5.74) is 0.645. The zero-order chi connectivity index (χ0) is 16.5. The van der Waals surface area contributed by atoms with Gasteiger partial charge in [0, 0.05) is 5.56 Å². The Morgan fingerprint density at radius 1 is 1.36 bits per heavy atom. The fraction of sp³-hybridized carbons (Fsp3) is 0.500. The molecule has 0 radical (unpaired) electrons. The molecule has 5 nitrogen and oxygen atoms in total. The second-order valence-corrected chi connectivity index (χ2v) is 5.35. The number of benzene rings is 1. The standard InChI is InChI=1S/C16H22ClNO4/c1-3-5-9-13(16(20)21)18-14(19)10-11-7-6-8-12(17)15(11)22-4-2/h6-8,13H,3-5,9-10H2,1-2H3,(H,18,19)(H,20,21). The van der Waals surface area contributed by atoms with Gasteiger partial charge in [-0.2, -0.15) is 0 Å². The first-order chi connectivity index (χ1) is 10.5. The molecule has 0 spiro atoms. The van der Waals surface area contributed by atoms with Crippen LogP contribution >= 0.6 is 11.6 Å². The predicted molar refractivity (Wildman–Crippen MR) is 85.4 cm³/mol. The van der Waals surface area contributed by atoms with E-state index in [1.54, 1.807) is 18.2 Å². The van der Waals surface area contributed by atoms with Gasteiger partial charge < -0.3 is 15.2 Å². The fourth-order valence-electron chi connectivity index (χ4n) is 2.08. The number of carbonyl (C=O) groups is 2. The summed E-state index contributed by atoms with van der Waals surface area (Å²) in [7, 11) is 0. The molecule has 1 atom stereocenters. The summed E-state index contributed by atoms with van der Waals surface area (Å²) in [6.45, 7) is 4.24. The summed E-state index contributed by atoms with van der Waals surface area (Å²) in [4.78, 5) is 23.2. The number of aliphatic carboxylic acids is 1. The average molecular weight is 328 g/mol. The Hall–Kier alpha value is -1.75. The Balaban J connectivity index is 2.75. The number of unbranched alkanes of at least 4 members (excludes halogenated alkanes) is 1. The summed E-state index contributed by atoms with van der Waals surface area (Å²) >= 11 is 6.07. The summed E-state index contributed by atoms with van der Waals surface area (Å²) < 4.78 is 5.46. The van der Waals surface area contributed by atoms with E-state index >= 15 is 0 Å². The summed E-state index contributed by atoms with van der Waals surface area (Å²) in [6.07, 6.45) is 2.08. The van der Waals surface area contributed by atoms with Crippen molar-refractivity contribution in [3.63, 3.8) is 0 Å². The first-order valence-corrected chi connectivity index (χ1v) is 7.79. The zero-order valence-corrected chi connectivity index (χ0v) is 13.7. The Kier molecular flexibility index (Phi) is 7.74. The van der Waals surface area contributed by atoms with Gasteiger partial charge in [0.1, 0.15) is 11.8 Å². The molecule has 1 aromatic carbocycles. The number of hydrogen-bond acceptors (Lipinski definition) is 3. The third kappa shape index (κ3) is 5.56. The molecule has 122 valence electrons. The quantitative estimate of drug-likeness (QED) is 0.731. The van der Waals surface area contributed by atoms with Crippen LogP contribution in [0, 0.1) is 0 Å². The van der Waals surface area contributed by atoms with Crippen LogP contribution in [0.5, 0.6) is 5.75 Å². The van der Waals surface area contributed by atoms with Crippen LogP contribution in [0.2, 0.25) is 5.02 Å². The molecule has 1 aromatic rings. The first-order valence-electron chi connectivity index (χ1n) is 7.41. The van der Waals surface area contributed by atoms with E-state index < -0.39 is 12.0 Å². The summed E-state index contributed by atoms with van der Waals surface area (Å²) in [5, 5.41) is 12.1. The third-order valence-corrected chi connectivity index (χ3v) is 3.47. The van der Waals surface area contributed by atoms with Gasteiger partial charge in [0.25, 0.3) is 0 Å². The fourth-order valence-corrected chi connectivity index (χ4v) is 2.33. The van der Waals surface area contributed by atoms with Crippen molar-refractivity contribution < 1.29 is 19.4 Å². The lowest BCUT2D eigenvalue weighted by Gasteiger charge is -2.15. The second-order valence-electron chi connectivity index (χ2n) is 4.94. The largest absolute Gasteiger partial charge is 0.492 e. The Bertz CT molecular complexity index is 519. The van der Waals surface area contributed by atoms with E-state index in [9.17, 15) is 9.59 Å². The van der Waals surface area contributed by atoms with Crippen LogP contribution < -0.4 is 10.1 Å². The van der Waals surface area contributed by atoms with E-state index in [0.717, 1.165) is 12.8 Å². The maximum Gasteiger partial charge on any atom is 0.326 e. The molecule has 1 unspecified atom stereocenters. The van der Waals surface area contributed by atoms with Crippen molar-refractivity contribution in [2.24, 2.45) is 0 Å². The molecule has 0 fully saturated rings. The van der Waals surface area contributed by atoms with Crippen LogP contribution in [0.3, 0.4) is 0 Å². The average Bonchev–Trinajstić information content (AvgIpc) is 2.46. The monoisotopic (exact) mass is 327 g/mol. The van der Waals surface area contributed by atoms with Crippen molar-refractivity contribution in [1.82, 2.24) is 5.32 Å². The third-order valence-electron chi connectivity index (χ3n) is 3.17. The van der Waals surface area contributed by atoms with Crippen molar-refractivity contribution in [2.45, 2.75) is 45.6 Å². The van der Waals surface area contributed by atoms with Crippen LogP contribution in [0.15, 0.2) is 18.2 Å². The Labute approximate surface area is 135 Å². The normalized spacial score (nSPS) is 11.8. The number of carbonyl (C=O) groups excluding carboxylic acids is 1. The lowest BCUT2D eigenvalue weighted by atomic mass is 10.1. The van der Waals surface area contributed by atoms with Crippen molar-refractivity contribution in [3.05, 3.63) is 28.8 Å². The zero-order valence-electron chi connectivity index (χ0n) is 12.9. The highest BCUT2D eigenvalue weighted by molar-refractivity contribution is 6.32. The molecule has 1 rings (SSSR count). The Morgan fingerprint density at radius 3 is 2.68 bits per heavy atom. The van der Waals surface area contributed by atoms with Crippen molar-refractivity contribution in [1.29, 1.82) is 0 Å². The number of nitrogens with one attached hydrogen (secondary N) is 1. The lowest BCUT2D eigenvalue weighted by Crippen LogP contribution is -2.41. The molecule has 0 aromatic heterocycles. The van der Waals surface area contributed by atoms with E-state index in [-0.39, 0.29) is 12.3 Å². The number of hydrogen-bond donors (Lipinski definition) is 2. The number of ether oxygens (including phenoxy) is 1. The number of para-hydroxylation sites is 1. The number of halogens is 1. The molecule has 0 bridgehead atoms. The van der Waals surface area contributed by atoms with Gasteiger partial charge in [-0.25, -0.2) is 4.79 Å². The predicted octanol–water partition coefficient (Wildman–Crippen LogP) is 3.04. The van der Waals surface area contributed by atoms with Crippen molar-refractivity contribution in [2.75, 3.05) is 6.61 Å². The highest BCUT2D eigenvalue weighted by Crippen LogP contribution is 2.29. The van der Waals surface area contributed by atoms with E-state index in [1.807, 2.05) is 13.8 Å².